The van der Waals surface area contributed by atoms with E-state index >= 15 is 0 Å². The highest BCUT2D eigenvalue weighted by Gasteiger charge is 2.08. The molecule has 1 heterocycles. The first kappa shape index (κ1) is 11.1. The van der Waals surface area contributed by atoms with Crippen LogP contribution in [0.5, 0.6) is 0 Å². The van der Waals surface area contributed by atoms with Gasteiger partial charge in [0.05, 0.1) is 0 Å². The number of rotatable bonds is 3. The van der Waals surface area contributed by atoms with Gasteiger partial charge in [-0.05, 0) is 17.7 Å². The molecule has 0 spiro atoms. The van der Waals surface area contributed by atoms with Crippen molar-refractivity contribution < 1.29 is 9.18 Å². The molecule has 0 radical (unpaired) electrons. The normalized spacial score (nSPS) is 10.2. The summed E-state index contributed by atoms with van der Waals surface area (Å²) in [5.41, 5.74) is 0.203. The van der Waals surface area contributed by atoms with Gasteiger partial charge in [-0.2, -0.15) is 0 Å². The Morgan fingerprint density at radius 1 is 1.35 bits per heavy atom. The van der Waals surface area contributed by atoms with Gasteiger partial charge in [0.15, 0.2) is 0 Å². The molecule has 3 N–H and O–H groups in total. The van der Waals surface area contributed by atoms with Crippen molar-refractivity contribution in [3.63, 3.8) is 0 Å². The summed E-state index contributed by atoms with van der Waals surface area (Å²) >= 11 is 0. The SMILES string of the molecule is O=C(NCc1ccc(F)cc1)c1n[nH]c(=O)[nH]1. The number of H-pyrrole nitrogens is 2. The molecule has 7 heteroatoms. The van der Waals surface area contributed by atoms with E-state index in [0.29, 0.717) is 0 Å². The molecule has 0 aliphatic carbocycles. The topological polar surface area (TPSA) is 90.6 Å². The van der Waals surface area contributed by atoms with Gasteiger partial charge in [0, 0.05) is 6.54 Å². The van der Waals surface area contributed by atoms with Crippen LogP contribution in [0.3, 0.4) is 0 Å². The predicted octanol–water partition coefficient (Wildman–Crippen LogP) is 0.167. The Balaban J connectivity index is 1.96. The van der Waals surface area contributed by atoms with E-state index < -0.39 is 11.6 Å². The number of halogens is 1. The van der Waals surface area contributed by atoms with E-state index in [9.17, 15) is 14.0 Å². The fraction of sp³-hybridized carbons (Fsp3) is 0.100. The van der Waals surface area contributed by atoms with Gasteiger partial charge in [-0.25, -0.2) is 14.3 Å². The van der Waals surface area contributed by atoms with E-state index in [2.05, 4.69) is 20.5 Å². The highest BCUT2D eigenvalue weighted by molar-refractivity contribution is 5.90. The van der Waals surface area contributed by atoms with Crippen LogP contribution >= 0.6 is 0 Å². The lowest BCUT2D eigenvalue weighted by molar-refractivity contribution is 0.0941. The van der Waals surface area contributed by atoms with Crippen molar-refractivity contribution in [1.29, 1.82) is 0 Å². The second-order valence-corrected chi connectivity index (χ2v) is 3.34. The molecule has 0 saturated carbocycles. The Morgan fingerprint density at radius 3 is 2.65 bits per heavy atom. The second kappa shape index (κ2) is 4.60. The minimum absolute atomic E-state index is 0.0860. The van der Waals surface area contributed by atoms with Crippen LogP contribution < -0.4 is 11.0 Å². The predicted molar refractivity (Wildman–Crippen MR) is 56.8 cm³/mol. The smallest absolute Gasteiger partial charge is 0.341 e. The van der Waals surface area contributed by atoms with Crippen molar-refractivity contribution in [2.45, 2.75) is 6.54 Å². The maximum atomic E-state index is 12.6. The molecule has 6 nitrogen and oxygen atoms in total. The van der Waals surface area contributed by atoms with Gasteiger partial charge in [0.1, 0.15) is 5.82 Å². The molecule has 2 rings (SSSR count). The number of amides is 1. The zero-order valence-electron chi connectivity index (χ0n) is 8.66. The Kier molecular flexibility index (Phi) is 2.99. The summed E-state index contributed by atoms with van der Waals surface area (Å²) in [6.45, 7) is 0.230. The molecule has 1 amide bonds. The first-order valence-electron chi connectivity index (χ1n) is 4.82. The molecule has 1 aromatic heterocycles. The van der Waals surface area contributed by atoms with Crippen LogP contribution in [0.4, 0.5) is 4.39 Å². The van der Waals surface area contributed by atoms with Gasteiger partial charge in [-0.15, -0.1) is 5.10 Å². The number of aromatic nitrogens is 3. The molecule has 0 atom stereocenters. The zero-order valence-corrected chi connectivity index (χ0v) is 8.66. The highest BCUT2D eigenvalue weighted by atomic mass is 19.1. The first-order chi connectivity index (χ1) is 8.15. The van der Waals surface area contributed by atoms with Gasteiger partial charge in [-0.3, -0.25) is 9.78 Å². The number of aromatic amines is 2. The fourth-order valence-electron chi connectivity index (χ4n) is 1.25. The molecule has 0 saturated heterocycles. The van der Waals surface area contributed by atoms with Crippen molar-refractivity contribution in [2.24, 2.45) is 0 Å². The molecule has 1 aromatic carbocycles. The van der Waals surface area contributed by atoms with Crippen LogP contribution in [0, 0.1) is 5.82 Å². The first-order valence-corrected chi connectivity index (χ1v) is 4.82. The Hall–Kier alpha value is -2.44. The fourth-order valence-corrected chi connectivity index (χ4v) is 1.25. The number of hydrogen-bond acceptors (Lipinski definition) is 3. The van der Waals surface area contributed by atoms with E-state index in [-0.39, 0.29) is 18.2 Å². The summed E-state index contributed by atoms with van der Waals surface area (Å²) in [4.78, 5) is 24.4. The Bertz CT molecular complexity index is 572. The van der Waals surface area contributed by atoms with Crippen LogP contribution in [0.25, 0.3) is 0 Å². The van der Waals surface area contributed by atoms with Gasteiger partial charge in [0.25, 0.3) is 5.91 Å². The highest BCUT2D eigenvalue weighted by Crippen LogP contribution is 2.02. The average Bonchev–Trinajstić information content (AvgIpc) is 2.75. The lowest BCUT2D eigenvalue weighted by Crippen LogP contribution is -2.24. The second-order valence-electron chi connectivity index (χ2n) is 3.34. The maximum absolute atomic E-state index is 12.6. The molecule has 0 aliphatic rings. The van der Waals surface area contributed by atoms with Gasteiger partial charge < -0.3 is 5.32 Å². The van der Waals surface area contributed by atoms with Crippen molar-refractivity contribution >= 4 is 5.91 Å². The lowest BCUT2D eigenvalue weighted by Gasteiger charge is -2.02. The van der Waals surface area contributed by atoms with E-state index in [0.717, 1.165) is 5.56 Å². The third-order valence-corrected chi connectivity index (χ3v) is 2.08. The average molecular weight is 236 g/mol. The third-order valence-electron chi connectivity index (χ3n) is 2.08. The van der Waals surface area contributed by atoms with Crippen molar-refractivity contribution in [1.82, 2.24) is 20.5 Å². The van der Waals surface area contributed by atoms with Crippen molar-refractivity contribution in [3.8, 4) is 0 Å². The number of nitrogens with one attached hydrogen (secondary N) is 3. The zero-order chi connectivity index (χ0) is 12.3. The molecule has 0 fully saturated rings. The number of carbonyl (C=O) groups excluding carboxylic acids is 1. The van der Waals surface area contributed by atoms with E-state index in [1.54, 1.807) is 12.1 Å². The molecule has 2 aromatic rings. The van der Waals surface area contributed by atoms with Crippen LogP contribution in [0.15, 0.2) is 29.1 Å². The van der Waals surface area contributed by atoms with Crippen molar-refractivity contribution in [2.75, 3.05) is 0 Å². The minimum atomic E-state index is -0.545. The van der Waals surface area contributed by atoms with E-state index in [4.69, 9.17) is 0 Å². The molecule has 0 aliphatic heterocycles. The van der Waals surface area contributed by atoms with Crippen LogP contribution in [-0.2, 0) is 6.54 Å². The number of nitrogens with zero attached hydrogens (tertiary/aromatic N) is 1. The Labute approximate surface area is 94.9 Å². The number of benzene rings is 1. The molecule has 88 valence electrons. The summed E-state index contributed by atoms with van der Waals surface area (Å²) < 4.78 is 12.6. The summed E-state index contributed by atoms with van der Waals surface area (Å²) in [5.74, 6) is -0.929. The van der Waals surface area contributed by atoms with Crippen molar-refractivity contribution in [3.05, 3.63) is 52.0 Å². The van der Waals surface area contributed by atoms with Gasteiger partial charge >= 0.3 is 5.69 Å². The summed E-state index contributed by atoms with van der Waals surface area (Å²) in [5, 5.41) is 8.09. The monoisotopic (exact) mass is 236 g/mol. The largest absolute Gasteiger partial charge is 0.345 e. The van der Waals surface area contributed by atoms with E-state index in [1.165, 1.54) is 12.1 Å². The molecule has 17 heavy (non-hydrogen) atoms. The van der Waals surface area contributed by atoms with Gasteiger partial charge in [0.2, 0.25) is 5.82 Å². The molecular formula is C10H9FN4O2. The maximum Gasteiger partial charge on any atom is 0.341 e. The minimum Gasteiger partial charge on any atom is -0.345 e. The molecular weight excluding hydrogens is 227 g/mol. The molecule has 0 unspecified atom stereocenters. The summed E-state index contributed by atoms with van der Waals surface area (Å²) in [6, 6.07) is 5.72. The van der Waals surface area contributed by atoms with E-state index in [1.807, 2.05) is 0 Å². The summed E-state index contributed by atoms with van der Waals surface area (Å²) in [7, 11) is 0. The van der Waals surface area contributed by atoms with Crippen LogP contribution in [0.1, 0.15) is 16.2 Å². The van der Waals surface area contributed by atoms with Crippen LogP contribution in [-0.4, -0.2) is 21.1 Å². The number of hydrogen-bond donors (Lipinski definition) is 3. The quantitative estimate of drug-likeness (QED) is 0.709. The lowest BCUT2D eigenvalue weighted by atomic mass is 10.2. The number of carbonyl (C=O) groups is 1. The molecule has 0 bridgehead atoms. The Morgan fingerprint density at radius 2 is 2.06 bits per heavy atom. The standard InChI is InChI=1S/C10H9FN4O2/c11-7-3-1-6(2-4-7)5-12-9(16)8-13-10(17)15-14-8/h1-4H,5H2,(H,12,16)(H2,13,14,15,17). The third kappa shape index (κ3) is 2.77. The van der Waals surface area contributed by atoms with Crippen LogP contribution in [0.2, 0.25) is 0 Å². The summed E-state index contributed by atoms with van der Waals surface area (Å²) in [6.07, 6.45) is 0. The van der Waals surface area contributed by atoms with Gasteiger partial charge in [-0.1, -0.05) is 12.1 Å².